The van der Waals surface area contributed by atoms with E-state index in [0.717, 1.165) is 94.9 Å². The SMILES string of the molecule is CC.CCn1c(-c2cccnc2C(C)OC)c2c3cc(ccc31)-c1csc(n1)CC(NC(=O)C(C(C)C)N(C)C)C(=O)N1CCCC(N1)C(=O)OCC(C)(C)C2.O=C/C=C/CN1CCC(C=O)C1. The number of pyridine rings is 1. The van der Waals surface area contributed by atoms with Crippen molar-refractivity contribution in [3.63, 3.8) is 0 Å². The zero-order chi connectivity index (χ0) is 49.7. The monoisotopic (exact) mass is 955 g/mol. The second-order valence-corrected chi connectivity index (χ2v) is 19.9. The lowest BCUT2D eigenvalue weighted by molar-refractivity contribution is -0.155. The van der Waals surface area contributed by atoms with Crippen LogP contribution in [0.1, 0.15) is 97.0 Å². The lowest BCUT2D eigenvalue weighted by Crippen LogP contribution is -2.61. The van der Waals surface area contributed by atoms with Gasteiger partial charge in [0.15, 0.2) is 0 Å². The number of hydrogen-bond acceptors (Lipinski definition) is 13. The number of thiazole rings is 1. The Labute approximate surface area is 407 Å². The maximum absolute atomic E-state index is 14.2. The molecule has 6 bridgehead atoms. The van der Waals surface area contributed by atoms with Gasteiger partial charge >= 0.3 is 5.97 Å². The smallest absolute Gasteiger partial charge is 0.324 e. The summed E-state index contributed by atoms with van der Waals surface area (Å²) in [5, 5.41) is 8.39. The quantitative estimate of drug-likeness (QED) is 0.0843. The summed E-state index contributed by atoms with van der Waals surface area (Å²) in [6.07, 6.45) is 9.61. The number of aldehydes is 2. The summed E-state index contributed by atoms with van der Waals surface area (Å²) in [6.45, 7) is 20.3. The van der Waals surface area contributed by atoms with Gasteiger partial charge in [-0.2, -0.15) is 0 Å². The zero-order valence-corrected chi connectivity index (χ0v) is 42.9. The van der Waals surface area contributed by atoms with Crippen LogP contribution in [0.3, 0.4) is 0 Å². The largest absolute Gasteiger partial charge is 0.464 e. The minimum absolute atomic E-state index is 0.0216. The van der Waals surface area contributed by atoms with Gasteiger partial charge in [0.1, 0.15) is 24.7 Å². The normalized spacial score (nSPS) is 20.8. The van der Waals surface area contributed by atoms with E-state index < -0.39 is 29.5 Å². The van der Waals surface area contributed by atoms with Gasteiger partial charge in [0.25, 0.3) is 5.91 Å². The van der Waals surface area contributed by atoms with Crippen LogP contribution in [0.5, 0.6) is 0 Å². The standard InChI is InChI=1S/C41H55N7O5S.C9H13NO2.C2H6/c1-10-47-33-16-15-26-19-28(33)29(37(47)27-13-11-17-42-35(27)25(4)52-9)21-41(5,6)23-53-40(51)30-14-12-18-48(45-30)39(50)31(20-34-43-32(26)22-54-34)44-38(49)36(24(2)3)46(7)8;11-6-2-1-4-10-5-3-9(7-10)8-12;1-2/h11,13,15-17,19,22,24-25,30-31,36,45H,10,12,14,18,20-21,23H2,1-9H3,(H,44,49);1-2,6,8-9H,3-5,7H2;1-2H3/b;2-1+;. The molecule has 3 aliphatic rings. The highest BCUT2D eigenvalue weighted by Gasteiger charge is 2.37. The number of benzene rings is 1. The van der Waals surface area contributed by atoms with Crippen molar-refractivity contribution in [3.8, 4) is 22.5 Å². The van der Waals surface area contributed by atoms with Crippen LogP contribution in [0.25, 0.3) is 33.4 Å². The maximum atomic E-state index is 14.2. The average molecular weight is 955 g/mol. The molecule has 0 saturated carbocycles. The first-order valence-electron chi connectivity index (χ1n) is 24.2. The van der Waals surface area contributed by atoms with Crippen molar-refractivity contribution in [1.82, 2.24) is 40.1 Å². The number of esters is 1. The van der Waals surface area contributed by atoms with Gasteiger partial charge in [-0.3, -0.25) is 39.0 Å². The third-order valence-corrected chi connectivity index (χ3v) is 13.6. The van der Waals surface area contributed by atoms with Crippen LogP contribution in [-0.4, -0.2) is 132 Å². The number of nitrogens with one attached hydrogen (secondary N) is 2. The summed E-state index contributed by atoms with van der Waals surface area (Å²) in [4.78, 5) is 75.8. The summed E-state index contributed by atoms with van der Waals surface area (Å²) < 4.78 is 14.2. The summed E-state index contributed by atoms with van der Waals surface area (Å²) in [6, 6.07) is 8.51. The Morgan fingerprint density at radius 2 is 1.88 bits per heavy atom. The highest BCUT2D eigenvalue weighted by atomic mass is 32.1. The Balaban J connectivity index is 0.000000533. The third kappa shape index (κ3) is 13.1. The molecule has 0 spiro atoms. The molecular formula is C52H74N8O7S. The molecule has 68 heavy (non-hydrogen) atoms. The average Bonchev–Trinajstić information content (AvgIpc) is 4.08. The third-order valence-electron chi connectivity index (χ3n) is 12.7. The first-order valence-corrected chi connectivity index (χ1v) is 25.0. The van der Waals surface area contributed by atoms with E-state index in [1.165, 1.54) is 22.4 Å². The van der Waals surface area contributed by atoms with E-state index in [4.69, 9.17) is 19.4 Å². The van der Waals surface area contributed by atoms with E-state index >= 15 is 0 Å². The Hall–Kier alpha value is -5.13. The van der Waals surface area contributed by atoms with Crippen molar-refractivity contribution in [1.29, 1.82) is 0 Å². The number of carbonyl (C=O) groups excluding carboxylic acids is 5. The Morgan fingerprint density at radius 3 is 2.54 bits per heavy atom. The lowest BCUT2D eigenvalue weighted by atomic mass is 9.84. The fraction of sp³-hybridized carbons (Fsp3) is 0.558. The predicted octanol–water partition coefficient (Wildman–Crippen LogP) is 7.08. The molecular weight excluding hydrogens is 881 g/mol. The van der Waals surface area contributed by atoms with Crippen LogP contribution < -0.4 is 10.7 Å². The number of aryl methyl sites for hydroxylation is 1. The maximum Gasteiger partial charge on any atom is 0.324 e. The minimum atomic E-state index is -0.892. The number of ether oxygens (including phenoxy) is 2. The summed E-state index contributed by atoms with van der Waals surface area (Å²) in [5.41, 5.74) is 9.62. The van der Waals surface area contributed by atoms with E-state index in [1.54, 1.807) is 13.3 Å². The van der Waals surface area contributed by atoms with E-state index in [0.29, 0.717) is 25.8 Å². The van der Waals surface area contributed by atoms with Gasteiger partial charge in [0.05, 0.1) is 40.8 Å². The minimum Gasteiger partial charge on any atom is -0.464 e. The summed E-state index contributed by atoms with van der Waals surface area (Å²) in [7, 11) is 5.42. The number of hydrogen-bond donors (Lipinski definition) is 2. The molecule has 3 aliphatic heterocycles. The molecule has 2 N–H and O–H groups in total. The molecule has 4 aromatic rings. The Morgan fingerprint density at radius 1 is 1.12 bits per heavy atom. The molecule has 370 valence electrons. The van der Waals surface area contributed by atoms with E-state index in [-0.39, 0.29) is 42.8 Å². The molecule has 0 radical (unpaired) electrons. The fourth-order valence-corrected chi connectivity index (χ4v) is 10.2. The van der Waals surface area contributed by atoms with E-state index in [9.17, 15) is 24.0 Å². The zero-order valence-electron chi connectivity index (χ0n) is 42.0. The molecule has 0 aliphatic carbocycles. The lowest BCUT2D eigenvalue weighted by Gasteiger charge is -2.36. The number of methoxy groups -OCH3 is 1. The molecule has 2 fully saturated rings. The summed E-state index contributed by atoms with van der Waals surface area (Å²) in [5.74, 6) is -0.713. The van der Waals surface area contributed by atoms with Crippen LogP contribution in [0, 0.1) is 17.3 Å². The number of carbonyl (C=O) groups is 5. The number of fused-ring (bicyclic) bond motifs is 6. The van der Waals surface area contributed by atoms with Crippen molar-refractivity contribution in [3.05, 3.63) is 70.3 Å². The number of cyclic esters (lactones) is 1. The van der Waals surface area contributed by atoms with E-state index in [2.05, 4.69) is 65.2 Å². The fourth-order valence-electron chi connectivity index (χ4n) is 9.36. The Kier molecular flexibility index (Phi) is 19.7. The molecule has 16 heteroatoms. The number of rotatable bonds is 12. The van der Waals surface area contributed by atoms with Crippen LogP contribution in [0.2, 0.25) is 0 Å². The second kappa shape index (κ2) is 24.9. The number of aromatic nitrogens is 3. The first kappa shape index (κ1) is 53.8. The van der Waals surface area contributed by atoms with Crippen molar-refractivity contribution in [2.45, 2.75) is 118 Å². The van der Waals surface area contributed by atoms with Crippen molar-refractivity contribution in [2.75, 3.05) is 54.0 Å². The second-order valence-electron chi connectivity index (χ2n) is 18.9. The van der Waals surface area contributed by atoms with Crippen molar-refractivity contribution >= 4 is 52.6 Å². The van der Waals surface area contributed by atoms with Gasteiger partial charge in [-0.15, -0.1) is 11.3 Å². The van der Waals surface area contributed by atoms with Crippen molar-refractivity contribution in [2.24, 2.45) is 17.3 Å². The highest BCUT2D eigenvalue weighted by Crippen LogP contribution is 2.42. The molecule has 5 atom stereocenters. The highest BCUT2D eigenvalue weighted by molar-refractivity contribution is 7.10. The van der Waals surface area contributed by atoms with Gasteiger partial charge in [0, 0.05) is 84.6 Å². The predicted molar refractivity (Wildman–Crippen MR) is 269 cm³/mol. The van der Waals surface area contributed by atoms with Gasteiger partial charge in [0.2, 0.25) is 5.91 Å². The topological polar surface area (TPSA) is 168 Å². The van der Waals surface area contributed by atoms with E-state index in [1.807, 2.05) is 71.1 Å². The van der Waals surface area contributed by atoms with Crippen LogP contribution >= 0.6 is 11.3 Å². The van der Waals surface area contributed by atoms with Crippen LogP contribution in [0.4, 0.5) is 0 Å². The van der Waals surface area contributed by atoms with Gasteiger partial charge in [-0.1, -0.05) is 53.7 Å². The van der Waals surface area contributed by atoms with Gasteiger partial charge in [-0.25, -0.2) is 10.4 Å². The first-order chi connectivity index (χ1) is 32.6. The molecule has 5 unspecified atom stereocenters. The van der Waals surface area contributed by atoms with Crippen molar-refractivity contribution < 1.29 is 33.4 Å². The number of hydrazine groups is 1. The number of nitrogens with zero attached hydrogens (tertiary/aromatic N) is 6. The van der Waals surface area contributed by atoms with Crippen LogP contribution in [0.15, 0.2) is 54.1 Å². The molecule has 3 aromatic heterocycles. The molecule has 15 nitrogen and oxygen atoms in total. The summed E-state index contributed by atoms with van der Waals surface area (Å²) >= 11 is 1.47. The molecule has 2 saturated heterocycles. The Bertz CT molecular complexity index is 2370. The molecule has 6 heterocycles. The van der Waals surface area contributed by atoms with Gasteiger partial charge < -0.3 is 24.2 Å². The molecule has 2 amide bonds. The number of amides is 2. The molecule has 7 rings (SSSR count). The molecule has 1 aromatic carbocycles. The van der Waals surface area contributed by atoms with Crippen LogP contribution in [-0.2, 0) is 52.8 Å². The van der Waals surface area contributed by atoms with Gasteiger partial charge in [-0.05, 0) is 102 Å². The number of likely N-dealkylation sites (tertiary alicyclic amines) is 1. The number of allylic oxidation sites excluding steroid dienone is 1. The number of likely N-dealkylation sites (N-methyl/N-ethyl adjacent to an activating group) is 1.